The third kappa shape index (κ3) is 2.39. The number of hydrazine groups is 1. The first-order chi connectivity index (χ1) is 9.63. The van der Waals surface area contributed by atoms with Crippen LogP contribution < -0.4 is 10.7 Å². The Morgan fingerprint density at radius 2 is 2.05 bits per heavy atom. The molecule has 0 saturated carbocycles. The number of hydrogen-bond donors (Lipinski definition) is 2. The molecule has 2 N–H and O–H groups in total. The quantitative estimate of drug-likeness (QED) is 0.870. The van der Waals surface area contributed by atoms with E-state index < -0.39 is 0 Å². The van der Waals surface area contributed by atoms with Gasteiger partial charge in [-0.1, -0.05) is 0 Å². The maximum Gasteiger partial charge on any atom is 0.150 e. The Labute approximate surface area is 117 Å². The minimum absolute atomic E-state index is 0.603. The minimum Gasteiger partial charge on any atom is -0.364 e. The summed E-state index contributed by atoms with van der Waals surface area (Å²) in [4.78, 5) is 17.5. The first kappa shape index (κ1) is 12.7. The molecule has 0 amide bonds. The Balaban J connectivity index is 1.84. The molecular weight excluding hydrogens is 254 g/mol. The van der Waals surface area contributed by atoms with Crippen LogP contribution in [0, 0.1) is 13.8 Å². The molecule has 3 heterocycles. The Kier molecular flexibility index (Phi) is 3.19. The molecule has 0 aliphatic carbocycles. The van der Waals surface area contributed by atoms with Gasteiger partial charge in [0, 0.05) is 19.4 Å². The van der Waals surface area contributed by atoms with Gasteiger partial charge in [-0.2, -0.15) is 0 Å². The molecule has 0 unspecified atom stereocenters. The van der Waals surface area contributed by atoms with Gasteiger partial charge >= 0.3 is 0 Å². The summed E-state index contributed by atoms with van der Waals surface area (Å²) in [5, 5.41) is 5.33. The minimum atomic E-state index is 0.603. The van der Waals surface area contributed by atoms with Crippen molar-refractivity contribution in [2.24, 2.45) is 0 Å². The first-order valence-electron chi connectivity index (χ1n) is 6.49. The zero-order valence-corrected chi connectivity index (χ0v) is 11.8. The molecule has 0 bridgehead atoms. The lowest BCUT2D eigenvalue weighted by Crippen LogP contribution is -2.17. The number of fused-ring (bicyclic) bond motifs is 1. The van der Waals surface area contributed by atoms with E-state index >= 15 is 0 Å². The summed E-state index contributed by atoms with van der Waals surface area (Å²) >= 11 is 0. The molecular formula is C13H17N7. The summed E-state index contributed by atoms with van der Waals surface area (Å²) < 4.78 is 0. The monoisotopic (exact) mass is 271 g/mol. The summed E-state index contributed by atoms with van der Waals surface area (Å²) in [6, 6.07) is 0. The van der Waals surface area contributed by atoms with Crippen molar-refractivity contribution in [3.63, 3.8) is 0 Å². The van der Waals surface area contributed by atoms with Crippen molar-refractivity contribution in [3.05, 3.63) is 35.2 Å². The second-order valence-electron chi connectivity index (χ2n) is 4.86. The average molecular weight is 271 g/mol. The van der Waals surface area contributed by atoms with Crippen LogP contribution in [-0.4, -0.2) is 32.0 Å². The van der Waals surface area contributed by atoms with Crippen LogP contribution in [0.15, 0.2) is 12.4 Å². The fraction of sp³-hybridized carbons (Fsp3) is 0.385. The standard InChI is InChI=1S/C13H17N7/c1-8-11(15-5-4-14-8)6-16-12-10-7-20(3)19-13(10)18-9(2)17-12/h4-5H,6-7H2,1-3H3,(H2,16,17,18,19). The summed E-state index contributed by atoms with van der Waals surface area (Å²) in [7, 11) is 1.98. The van der Waals surface area contributed by atoms with E-state index in [1.54, 1.807) is 12.4 Å². The summed E-state index contributed by atoms with van der Waals surface area (Å²) in [5.41, 5.74) is 6.14. The fourth-order valence-electron chi connectivity index (χ4n) is 2.22. The lowest BCUT2D eigenvalue weighted by molar-refractivity contribution is 0.422. The lowest BCUT2D eigenvalue weighted by atomic mass is 10.2. The Hall–Kier alpha value is -2.28. The second-order valence-corrected chi connectivity index (χ2v) is 4.86. The second kappa shape index (κ2) is 5.01. The smallest absolute Gasteiger partial charge is 0.150 e. The van der Waals surface area contributed by atoms with Gasteiger partial charge in [-0.25, -0.2) is 15.0 Å². The lowest BCUT2D eigenvalue weighted by Gasteiger charge is -2.10. The van der Waals surface area contributed by atoms with Crippen LogP contribution in [0.2, 0.25) is 0 Å². The number of nitrogens with zero attached hydrogens (tertiary/aromatic N) is 5. The van der Waals surface area contributed by atoms with E-state index in [9.17, 15) is 0 Å². The van der Waals surface area contributed by atoms with Crippen LogP contribution in [-0.2, 0) is 13.1 Å². The van der Waals surface area contributed by atoms with Gasteiger partial charge in [-0.05, 0) is 13.8 Å². The molecule has 0 atom stereocenters. The highest BCUT2D eigenvalue weighted by Crippen LogP contribution is 2.28. The zero-order valence-electron chi connectivity index (χ0n) is 11.8. The first-order valence-corrected chi connectivity index (χ1v) is 6.49. The SMILES string of the molecule is Cc1nc(NCc2nccnc2C)c2c(n1)NN(C)C2. The number of anilines is 2. The van der Waals surface area contributed by atoms with Gasteiger partial charge < -0.3 is 10.7 Å². The van der Waals surface area contributed by atoms with Crippen molar-refractivity contribution in [2.45, 2.75) is 26.9 Å². The molecule has 1 aliphatic rings. The van der Waals surface area contributed by atoms with Gasteiger partial charge in [0.2, 0.25) is 0 Å². The molecule has 0 spiro atoms. The maximum absolute atomic E-state index is 4.49. The van der Waals surface area contributed by atoms with E-state index in [-0.39, 0.29) is 0 Å². The Bertz CT molecular complexity index is 641. The van der Waals surface area contributed by atoms with Gasteiger partial charge in [0.1, 0.15) is 11.6 Å². The van der Waals surface area contributed by atoms with Crippen molar-refractivity contribution in [1.82, 2.24) is 24.9 Å². The van der Waals surface area contributed by atoms with Crippen LogP contribution in [0.25, 0.3) is 0 Å². The highest BCUT2D eigenvalue weighted by Gasteiger charge is 2.21. The van der Waals surface area contributed by atoms with E-state index in [1.165, 1.54) is 0 Å². The normalized spacial score (nSPS) is 13.9. The molecule has 0 fully saturated rings. The predicted octanol–water partition coefficient (Wildman–Crippen LogP) is 1.27. The van der Waals surface area contributed by atoms with Crippen molar-refractivity contribution in [3.8, 4) is 0 Å². The molecule has 0 saturated heterocycles. The summed E-state index contributed by atoms with van der Waals surface area (Å²) in [6.45, 7) is 5.22. The van der Waals surface area contributed by atoms with Crippen molar-refractivity contribution < 1.29 is 0 Å². The Morgan fingerprint density at radius 3 is 2.85 bits per heavy atom. The summed E-state index contributed by atoms with van der Waals surface area (Å²) in [5.74, 6) is 2.47. The number of hydrogen-bond acceptors (Lipinski definition) is 7. The molecule has 7 nitrogen and oxygen atoms in total. The van der Waals surface area contributed by atoms with Gasteiger partial charge in [0.15, 0.2) is 5.82 Å². The molecule has 7 heteroatoms. The van der Waals surface area contributed by atoms with E-state index in [2.05, 4.69) is 30.7 Å². The number of rotatable bonds is 3. The van der Waals surface area contributed by atoms with Gasteiger partial charge in [0.25, 0.3) is 0 Å². The van der Waals surface area contributed by atoms with E-state index in [1.807, 2.05) is 25.9 Å². The van der Waals surface area contributed by atoms with E-state index in [4.69, 9.17) is 0 Å². The van der Waals surface area contributed by atoms with Crippen LogP contribution in [0.4, 0.5) is 11.6 Å². The molecule has 20 heavy (non-hydrogen) atoms. The van der Waals surface area contributed by atoms with Crippen LogP contribution in [0.3, 0.4) is 0 Å². The molecule has 2 aromatic rings. The largest absolute Gasteiger partial charge is 0.364 e. The molecule has 1 aliphatic heterocycles. The predicted molar refractivity (Wildman–Crippen MR) is 76.0 cm³/mol. The fourth-order valence-corrected chi connectivity index (χ4v) is 2.22. The third-order valence-corrected chi connectivity index (χ3v) is 3.22. The van der Waals surface area contributed by atoms with Crippen LogP contribution in [0.1, 0.15) is 22.8 Å². The van der Waals surface area contributed by atoms with E-state index in [0.717, 1.165) is 41.0 Å². The van der Waals surface area contributed by atoms with E-state index in [0.29, 0.717) is 6.54 Å². The Morgan fingerprint density at radius 1 is 1.25 bits per heavy atom. The maximum atomic E-state index is 4.49. The van der Waals surface area contributed by atoms with Gasteiger partial charge in [-0.3, -0.25) is 9.97 Å². The molecule has 104 valence electrons. The van der Waals surface area contributed by atoms with Crippen LogP contribution >= 0.6 is 0 Å². The van der Waals surface area contributed by atoms with Crippen molar-refractivity contribution in [1.29, 1.82) is 0 Å². The number of aryl methyl sites for hydroxylation is 2. The van der Waals surface area contributed by atoms with Gasteiger partial charge in [-0.15, -0.1) is 0 Å². The molecule has 0 aromatic carbocycles. The third-order valence-electron chi connectivity index (χ3n) is 3.22. The van der Waals surface area contributed by atoms with Crippen LogP contribution in [0.5, 0.6) is 0 Å². The highest BCUT2D eigenvalue weighted by atomic mass is 15.5. The summed E-state index contributed by atoms with van der Waals surface area (Å²) in [6.07, 6.45) is 3.40. The van der Waals surface area contributed by atoms with Crippen molar-refractivity contribution in [2.75, 3.05) is 17.8 Å². The van der Waals surface area contributed by atoms with Crippen molar-refractivity contribution >= 4 is 11.6 Å². The number of aromatic nitrogens is 4. The molecule has 2 aromatic heterocycles. The molecule has 0 radical (unpaired) electrons. The van der Waals surface area contributed by atoms with Gasteiger partial charge in [0.05, 0.1) is 30.0 Å². The zero-order chi connectivity index (χ0) is 14.1. The average Bonchev–Trinajstić information content (AvgIpc) is 2.77. The topological polar surface area (TPSA) is 78.9 Å². The molecule has 3 rings (SSSR count). The highest BCUT2D eigenvalue weighted by molar-refractivity contribution is 5.60. The number of nitrogens with one attached hydrogen (secondary N) is 2.